The topological polar surface area (TPSA) is 130 Å². The number of aryl methyl sites for hydroxylation is 2. The molecule has 3 heterocycles. The first-order chi connectivity index (χ1) is 15.4. The van der Waals surface area contributed by atoms with Gasteiger partial charge in [0.2, 0.25) is 5.91 Å². The summed E-state index contributed by atoms with van der Waals surface area (Å²) in [5.74, 6) is 1.27. The molecule has 2 aromatic carbocycles. The van der Waals surface area contributed by atoms with Gasteiger partial charge < -0.3 is 10.4 Å². The first-order valence-electron chi connectivity index (χ1n) is 10.2. The molecule has 0 radical (unpaired) electrons. The lowest BCUT2D eigenvalue weighted by Gasteiger charge is -2.34. The molecule has 0 saturated carbocycles. The SMILES string of the molecule is Cc1nc(C)c2c(n1)NC(=O)CC2(O)Cc1ccc(-c2ccccc2-c2nnn[nH]2)cc1. The number of rotatable bonds is 4. The molecular formula is C23H21N7O2. The summed E-state index contributed by atoms with van der Waals surface area (Å²) in [6, 6.07) is 15.7. The zero-order valence-corrected chi connectivity index (χ0v) is 17.6. The van der Waals surface area contributed by atoms with Gasteiger partial charge in [-0.3, -0.25) is 4.79 Å². The fourth-order valence-electron chi connectivity index (χ4n) is 4.40. The van der Waals surface area contributed by atoms with Gasteiger partial charge in [-0.2, -0.15) is 0 Å². The average molecular weight is 427 g/mol. The van der Waals surface area contributed by atoms with Gasteiger partial charge in [0.15, 0.2) is 5.82 Å². The molecule has 160 valence electrons. The van der Waals surface area contributed by atoms with Crippen LogP contribution in [0.1, 0.15) is 29.1 Å². The molecule has 32 heavy (non-hydrogen) atoms. The monoisotopic (exact) mass is 427 g/mol. The number of nitrogens with zero attached hydrogens (tertiary/aromatic N) is 5. The second-order valence-electron chi connectivity index (χ2n) is 8.01. The quantitative estimate of drug-likeness (QED) is 0.456. The van der Waals surface area contributed by atoms with E-state index in [1.54, 1.807) is 6.92 Å². The van der Waals surface area contributed by atoms with Crippen LogP contribution in [0.15, 0.2) is 48.5 Å². The summed E-state index contributed by atoms with van der Waals surface area (Å²) in [4.78, 5) is 21.0. The van der Waals surface area contributed by atoms with E-state index >= 15 is 0 Å². The largest absolute Gasteiger partial charge is 0.384 e. The lowest BCUT2D eigenvalue weighted by Crippen LogP contribution is -2.40. The minimum absolute atomic E-state index is 0.0453. The number of hydrogen-bond donors (Lipinski definition) is 3. The van der Waals surface area contributed by atoms with Crippen LogP contribution < -0.4 is 5.32 Å². The summed E-state index contributed by atoms with van der Waals surface area (Å²) in [6.07, 6.45) is 0.227. The van der Waals surface area contributed by atoms with Crippen molar-refractivity contribution in [3.8, 4) is 22.5 Å². The van der Waals surface area contributed by atoms with E-state index in [0.717, 1.165) is 22.3 Å². The summed E-state index contributed by atoms with van der Waals surface area (Å²) >= 11 is 0. The van der Waals surface area contributed by atoms with Gasteiger partial charge in [0.1, 0.15) is 17.2 Å². The minimum Gasteiger partial charge on any atom is -0.384 e. The molecule has 0 bridgehead atoms. The Bertz CT molecular complexity index is 1300. The van der Waals surface area contributed by atoms with E-state index < -0.39 is 5.60 Å². The van der Waals surface area contributed by atoms with E-state index in [1.165, 1.54) is 0 Å². The zero-order chi connectivity index (χ0) is 22.3. The Kier molecular flexibility index (Phi) is 4.75. The lowest BCUT2D eigenvalue weighted by atomic mass is 9.81. The molecule has 3 N–H and O–H groups in total. The van der Waals surface area contributed by atoms with Crippen LogP contribution in [0, 0.1) is 13.8 Å². The third kappa shape index (κ3) is 3.52. The molecule has 9 heteroatoms. The van der Waals surface area contributed by atoms with Crippen molar-refractivity contribution < 1.29 is 9.90 Å². The maximum atomic E-state index is 12.3. The predicted octanol–water partition coefficient (Wildman–Crippen LogP) is 2.71. The van der Waals surface area contributed by atoms with Crippen molar-refractivity contribution in [2.24, 2.45) is 0 Å². The van der Waals surface area contributed by atoms with Gasteiger partial charge in [-0.05, 0) is 41.0 Å². The number of tetrazole rings is 1. The van der Waals surface area contributed by atoms with E-state index in [1.807, 2.05) is 55.5 Å². The highest BCUT2D eigenvalue weighted by Crippen LogP contribution is 2.39. The molecule has 0 spiro atoms. The average Bonchev–Trinajstić information content (AvgIpc) is 3.28. The maximum Gasteiger partial charge on any atom is 0.228 e. The van der Waals surface area contributed by atoms with Crippen molar-refractivity contribution in [3.05, 3.63) is 71.2 Å². The Morgan fingerprint density at radius 1 is 1.03 bits per heavy atom. The summed E-state index contributed by atoms with van der Waals surface area (Å²) in [5, 5.41) is 28.4. The molecule has 1 unspecified atom stereocenters. The first-order valence-corrected chi connectivity index (χ1v) is 10.2. The number of carbonyl (C=O) groups is 1. The molecule has 1 aliphatic heterocycles. The number of amides is 1. The van der Waals surface area contributed by atoms with E-state index in [-0.39, 0.29) is 18.7 Å². The highest BCUT2D eigenvalue weighted by molar-refractivity contribution is 5.94. The molecule has 2 aromatic heterocycles. The van der Waals surface area contributed by atoms with Crippen LogP contribution in [0.3, 0.4) is 0 Å². The predicted molar refractivity (Wildman–Crippen MR) is 117 cm³/mol. The Balaban J connectivity index is 1.48. The fourth-order valence-corrected chi connectivity index (χ4v) is 4.40. The molecule has 0 aliphatic carbocycles. The molecular weight excluding hydrogens is 406 g/mol. The molecule has 1 amide bonds. The number of aromatic amines is 1. The third-order valence-corrected chi connectivity index (χ3v) is 5.67. The van der Waals surface area contributed by atoms with Gasteiger partial charge in [-0.15, -0.1) is 5.10 Å². The van der Waals surface area contributed by atoms with Crippen LogP contribution >= 0.6 is 0 Å². The number of aromatic nitrogens is 6. The van der Waals surface area contributed by atoms with Gasteiger partial charge in [-0.25, -0.2) is 15.1 Å². The summed E-state index contributed by atoms with van der Waals surface area (Å²) in [7, 11) is 0. The Labute approximate surface area is 184 Å². The number of anilines is 1. The molecule has 4 aromatic rings. The lowest BCUT2D eigenvalue weighted by molar-refractivity contribution is -0.122. The minimum atomic E-state index is -1.37. The zero-order valence-electron chi connectivity index (χ0n) is 17.6. The summed E-state index contributed by atoms with van der Waals surface area (Å²) in [5.41, 5.74) is 3.64. The van der Waals surface area contributed by atoms with E-state index in [9.17, 15) is 9.90 Å². The fraction of sp³-hybridized carbons (Fsp3) is 0.217. The third-order valence-electron chi connectivity index (χ3n) is 5.67. The van der Waals surface area contributed by atoms with Crippen LogP contribution in [-0.2, 0) is 16.8 Å². The van der Waals surface area contributed by atoms with Gasteiger partial charge in [0, 0.05) is 23.2 Å². The van der Waals surface area contributed by atoms with Crippen LogP contribution in [-0.4, -0.2) is 41.6 Å². The smallest absolute Gasteiger partial charge is 0.228 e. The Morgan fingerprint density at radius 2 is 1.78 bits per heavy atom. The van der Waals surface area contributed by atoms with Crippen molar-refractivity contribution in [1.29, 1.82) is 0 Å². The Hall–Kier alpha value is -3.98. The van der Waals surface area contributed by atoms with Crippen molar-refractivity contribution in [2.75, 3.05) is 5.32 Å². The van der Waals surface area contributed by atoms with E-state index in [2.05, 4.69) is 35.9 Å². The number of carbonyl (C=O) groups excluding carboxylic acids is 1. The number of hydrogen-bond acceptors (Lipinski definition) is 7. The summed E-state index contributed by atoms with van der Waals surface area (Å²) < 4.78 is 0. The van der Waals surface area contributed by atoms with Crippen LogP contribution in [0.5, 0.6) is 0 Å². The molecule has 5 rings (SSSR count). The first kappa shape index (κ1) is 20.0. The molecule has 0 fully saturated rings. The molecule has 1 atom stereocenters. The second kappa shape index (κ2) is 7.61. The van der Waals surface area contributed by atoms with Crippen molar-refractivity contribution in [1.82, 2.24) is 30.6 Å². The number of H-pyrrole nitrogens is 1. The highest BCUT2D eigenvalue weighted by Gasteiger charge is 2.41. The van der Waals surface area contributed by atoms with Gasteiger partial charge >= 0.3 is 0 Å². The number of benzene rings is 2. The van der Waals surface area contributed by atoms with E-state index in [0.29, 0.717) is 28.7 Å². The van der Waals surface area contributed by atoms with Gasteiger partial charge in [0.05, 0.1) is 6.42 Å². The van der Waals surface area contributed by atoms with E-state index in [4.69, 9.17) is 0 Å². The maximum absolute atomic E-state index is 12.3. The second-order valence-corrected chi connectivity index (χ2v) is 8.01. The molecule has 9 nitrogen and oxygen atoms in total. The molecule has 0 saturated heterocycles. The van der Waals surface area contributed by atoms with Crippen molar-refractivity contribution in [3.63, 3.8) is 0 Å². The van der Waals surface area contributed by atoms with Crippen LogP contribution in [0.2, 0.25) is 0 Å². The number of fused-ring (bicyclic) bond motifs is 1. The van der Waals surface area contributed by atoms with Crippen LogP contribution in [0.4, 0.5) is 5.82 Å². The van der Waals surface area contributed by atoms with Crippen LogP contribution in [0.25, 0.3) is 22.5 Å². The molecule has 1 aliphatic rings. The normalized spacial score (nSPS) is 17.7. The van der Waals surface area contributed by atoms with Gasteiger partial charge in [0.25, 0.3) is 0 Å². The van der Waals surface area contributed by atoms with Gasteiger partial charge in [-0.1, -0.05) is 48.5 Å². The Morgan fingerprint density at radius 3 is 2.50 bits per heavy atom. The summed E-state index contributed by atoms with van der Waals surface area (Å²) in [6.45, 7) is 3.59. The number of aliphatic hydroxyl groups is 1. The standard InChI is InChI=1S/C23H21N7O2/c1-13-20-22(25-14(2)24-13)26-19(31)12-23(20,32)11-15-7-9-16(10-8-15)17-5-3-4-6-18(17)21-27-29-30-28-21/h3-10,32H,11-12H2,1-2H3,(H,24,25,26,31)(H,27,28,29,30). The number of nitrogens with one attached hydrogen (secondary N) is 2. The van der Waals surface area contributed by atoms with Crippen molar-refractivity contribution >= 4 is 11.7 Å². The van der Waals surface area contributed by atoms with Crippen molar-refractivity contribution in [2.45, 2.75) is 32.3 Å². The highest BCUT2D eigenvalue weighted by atomic mass is 16.3.